The van der Waals surface area contributed by atoms with Crippen molar-refractivity contribution in [2.24, 2.45) is 0 Å². The minimum absolute atomic E-state index is 0.695. The molecule has 0 aliphatic heterocycles. The fraction of sp³-hybridized carbons (Fsp3) is 0.235. The molecule has 1 N–H and O–H groups in total. The van der Waals surface area contributed by atoms with Gasteiger partial charge in [-0.15, -0.1) is 0 Å². The van der Waals surface area contributed by atoms with Gasteiger partial charge in [0.05, 0.1) is 5.52 Å². The number of nitrogens with zero attached hydrogens (tertiary/aromatic N) is 4. The van der Waals surface area contributed by atoms with Gasteiger partial charge in [0.25, 0.3) is 0 Å². The van der Waals surface area contributed by atoms with Crippen LogP contribution < -0.4 is 10.2 Å². The molecule has 0 bridgehead atoms. The summed E-state index contributed by atoms with van der Waals surface area (Å²) in [6.45, 7) is 2.65. The maximum absolute atomic E-state index is 4.68. The monoisotopic (exact) mass is 293 g/mol. The summed E-state index contributed by atoms with van der Waals surface area (Å²) in [5, 5.41) is 4.52. The predicted molar refractivity (Wildman–Crippen MR) is 90.2 cm³/mol. The van der Waals surface area contributed by atoms with Gasteiger partial charge in [-0.25, -0.2) is 15.0 Å². The lowest BCUT2D eigenvalue weighted by Crippen LogP contribution is -2.12. The van der Waals surface area contributed by atoms with Gasteiger partial charge in [-0.05, 0) is 24.6 Å². The Morgan fingerprint density at radius 2 is 1.91 bits per heavy atom. The number of rotatable bonds is 4. The second-order valence-corrected chi connectivity index (χ2v) is 5.45. The van der Waals surface area contributed by atoms with Gasteiger partial charge in [0.15, 0.2) is 0 Å². The van der Waals surface area contributed by atoms with Crippen LogP contribution in [0.25, 0.3) is 10.9 Å². The van der Waals surface area contributed by atoms with Crippen LogP contribution in [0.3, 0.4) is 0 Å². The van der Waals surface area contributed by atoms with Crippen molar-refractivity contribution in [1.29, 1.82) is 0 Å². The van der Waals surface area contributed by atoms with E-state index in [0.29, 0.717) is 6.54 Å². The highest BCUT2D eigenvalue weighted by molar-refractivity contribution is 5.84. The second kappa shape index (κ2) is 5.97. The van der Waals surface area contributed by atoms with E-state index in [9.17, 15) is 0 Å². The number of nitrogens with one attached hydrogen (secondary N) is 1. The van der Waals surface area contributed by atoms with Crippen molar-refractivity contribution >= 4 is 22.5 Å². The first kappa shape index (κ1) is 14.3. The molecular formula is C17H19N5. The number of fused-ring (bicyclic) bond motifs is 1. The van der Waals surface area contributed by atoms with E-state index in [4.69, 9.17) is 0 Å². The minimum Gasteiger partial charge on any atom is -0.366 e. The van der Waals surface area contributed by atoms with Gasteiger partial charge in [0, 0.05) is 37.8 Å². The van der Waals surface area contributed by atoms with Gasteiger partial charge in [-0.1, -0.05) is 18.2 Å². The Bertz CT molecular complexity index is 798. The number of anilines is 2. The molecular weight excluding hydrogens is 274 g/mol. The summed E-state index contributed by atoms with van der Waals surface area (Å²) in [5.41, 5.74) is 3.15. The van der Waals surface area contributed by atoms with Gasteiger partial charge in [0.2, 0.25) is 0 Å². The maximum atomic E-state index is 4.68. The van der Waals surface area contributed by atoms with Crippen LogP contribution in [0.4, 0.5) is 11.6 Å². The fourth-order valence-electron chi connectivity index (χ4n) is 2.34. The van der Waals surface area contributed by atoms with Crippen LogP contribution in [0.15, 0.2) is 42.7 Å². The first-order valence-corrected chi connectivity index (χ1v) is 7.22. The van der Waals surface area contributed by atoms with Gasteiger partial charge in [-0.2, -0.15) is 0 Å². The van der Waals surface area contributed by atoms with E-state index in [0.717, 1.165) is 28.2 Å². The summed E-state index contributed by atoms with van der Waals surface area (Å²) in [5.74, 6) is 1.79. The van der Waals surface area contributed by atoms with Gasteiger partial charge >= 0.3 is 0 Å². The highest BCUT2D eigenvalue weighted by Crippen LogP contribution is 2.22. The number of pyridine rings is 1. The molecule has 0 saturated heterocycles. The Labute approximate surface area is 130 Å². The molecule has 3 aromatic rings. The quantitative estimate of drug-likeness (QED) is 0.801. The molecule has 0 amide bonds. The summed E-state index contributed by atoms with van der Waals surface area (Å²) < 4.78 is 0. The predicted octanol–water partition coefficient (Wildman–Crippen LogP) is 3.01. The van der Waals surface area contributed by atoms with E-state index in [1.54, 1.807) is 6.33 Å². The van der Waals surface area contributed by atoms with Crippen LogP contribution >= 0.6 is 0 Å². The van der Waals surface area contributed by atoms with Gasteiger partial charge < -0.3 is 10.2 Å². The van der Waals surface area contributed by atoms with E-state index >= 15 is 0 Å². The van der Waals surface area contributed by atoms with Crippen LogP contribution in [0, 0.1) is 6.92 Å². The fourth-order valence-corrected chi connectivity index (χ4v) is 2.34. The van der Waals surface area contributed by atoms with Crippen molar-refractivity contribution in [3.05, 3.63) is 54.0 Å². The third-order valence-corrected chi connectivity index (χ3v) is 3.51. The van der Waals surface area contributed by atoms with Crippen LogP contribution in [-0.4, -0.2) is 29.0 Å². The summed E-state index contributed by atoms with van der Waals surface area (Å²) in [6.07, 6.45) is 1.58. The zero-order valence-corrected chi connectivity index (χ0v) is 13.0. The molecule has 0 aliphatic carbocycles. The van der Waals surface area contributed by atoms with Crippen molar-refractivity contribution in [2.45, 2.75) is 13.5 Å². The minimum atomic E-state index is 0.695. The third-order valence-electron chi connectivity index (χ3n) is 3.51. The molecule has 0 saturated carbocycles. The van der Waals surface area contributed by atoms with Crippen molar-refractivity contribution in [2.75, 3.05) is 24.3 Å². The number of para-hydroxylation sites is 1. The second-order valence-electron chi connectivity index (χ2n) is 5.45. The number of hydrogen-bond donors (Lipinski definition) is 1. The molecule has 0 atom stereocenters. The Morgan fingerprint density at radius 3 is 2.68 bits per heavy atom. The summed E-state index contributed by atoms with van der Waals surface area (Å²) in [6, 6.07) is 12.3. The van der Waals surface area contributed by atoms with Crippen molar-refractivity contribution < 1.29 is 0 Å². The Hall–Kier alpha value is -2.69. The van der Waals surface area contributed by atoms with Crippen molar-refractivity contribution in [3.63, 3.8) is 0 Å². The molecule has 3 rings (SSSR count). The zero-order valence-electron chi connectivity index (χ0n) is 13.0. The lowest BCUT2D eigenvalue weighted by molar-refractivity contribution is 1.04. The van der Waals surface area contributed by atoms with Crippen LogP contribution in [0.1, 0.15) is 11.3 Å². The number of aromatic nitrogens is 3. The summed E-state index contributed by atoms with van der Waals surface area (Å²) in [4.78, 5) is 15.1. The Morgan fingerprint density at radius 1 is 1.09 bits per heavy atom. The lowest BCUT2D eigenvalue weighted by Gasteiger charge is -2.15. The number of benzene rings is 1. The molecule has 5 nitrogen and oxygen atoms in total. The van der Waals surface area contributed by atoms with Crippen LogP contribution in [0.5, 0.6) is 0 Å². The molecule has 0 unspecified atom stereocenters. The van der Waals surface area contributed by atoms with E-state index in [1.807, 2.05) is 50.2 Å². The van der Waals surface area contributed by atoms with E-state index < -0.39 is 0 Å². The normalized spacial score (nSPS) is 10.7. The highest BCUT2D eigenvalue weighted by Gasteiger charge is 2.07. The number of aryl methyl sites for hydroxylation is 1. The first-order chi connectivity index (χ1) is 10.6. The molecule has 22 heavy (non-hydrogen) atoms. The molecule has 2 heterocycles. The van der Waals surface area contributed by atoms with Crippen LogP contribution in [-0.2, 0) is 6.54 Å². The van der Waals surface area contributed by atoms with E-state index in [2.05, 4.69) is 32.4 Å². The van der Waals surface area contributed by atoms with E-state index in [1.165, 1.54) is 5.56 Å². The van der Waals surface area contributed by atoms with E-state index in [-0.39, 0.29) is 0 Å². The molecule has 5 heteroatoms. The maximum Gasteiger partial charge on any atom is 0.129 e. The van der Waals surface area contributed by atoms with Gasteiger partial charge in [0.1, 0.15) is 18.0 Å². The topological polar surface area (TPSA) is 53.9 Å². The average Bonchev–Trinajstić information content (AvgIpc) is 2.52. The molecule has 2 aromatic heterocycles. The van der Waals surface area contributed by atoms with Crippen molar-refractivity contribution in [3.8, 4) is 0 Å². The summed E-state index contributed by atoms with van der Waals surface area (Å²) in [7, 11) is 4.00. The smallest absolute Gasteiger partial charge is 0.129 e. The molecule has 112 valence electrons. The first-order valence-electron chi connectivity index (χ1n) is 7.22. The molecule has 0 radical (unpaired) electrons. The van der Waals surface area contributed by atoms with Crippen LogP contribution in [0.2, 0.25) is 0 Å². The molecule has 0 spiro atoms. The average molecular weight is 293 g/mol. The largest absolute Gasteiger partial charge is 0.366 e. The lowest BCUT2D eigenvalue weighted by atomic mass is 10.1. The highest BCUT2D eigenvalue weighted by atomic mass is 15.1. The SMILES string of the molecule is Cc1cc(NCc2cc(N(C)C)nc3ccccc23)ncn1. The number of hydrogen-bond acceptors (Lipinski definition) is 5. The van der Waals surface area contributed by atoms with Crippen molar-refractivity contribution in [1.82, 2.24) is 15.0 Å². The zero-order chi connectivity index (χ0) is 15.5. The molecule has 1 aromatic carbocycles. The summed E-state index contributed by atoms with van der Waals surface area (Å²) >= 11 is 0. The van der Waals surface area contributed by atoms with Gasteiger partial charge in [-0.3, -0.25) is 0 Å². The molecule has 0 fully saturated rings. The Kier molecular flexibility index (Phi) is 3.87. The molecule has 0 aliphatic rings. The third kappa shape index (κ3) is 2.98. The Balaban J connectivity index is 1.95. The standard InChI is InChI=1S/C17H19N5/c1-12-8-16(20-11-19-12)18-10-13-9-17(22(2)3)21-15-7-5-4-6-14(13)15/h4-9,11H,10H2,1-3H3,(H,18,19,20).